The number of amides is 1. The standard InChI is InChI=1S/C21H21NO5/c1-25-17-6-3-2-5-16(17)20(9-10-20)19(23)22-14-21(24,15-8-12-26-13-15)18-7-4-11-27-18/h2-8,11-13,24H,9-10,14H2,1H3,(H,22,23)/t21-/m0/s1. The van der Waals surface area contributed by atoms with Crippen molar-refractivity contribution in [2.45, 2.75) is 23.9 Å². The third-order valence-electron chi connectivity index (χ3n) is 5.24. The van der Waals surface area contributed by atoms with Crippen molar-refractivity contribution in [3.8, 4) is 5.75 Å². The lowest BCUT2D eigenvalue weighted by Gasteiger charge is -2.27. The highest BCUT2D eigenvalue weighted by atomic mass is 16.5. The molecular weight excluding hydrogens is 346 g/mol. The number of carbonyl (C=O) groups excluding carboxylic acids is 1. The summed E-state index contributed by atoms with van der Waals surface area (Å²) in [6.45, 7) is -0.0320. The fourth-order valence-corrected chi connectivity index (χ4v) is 3.51. The van der Waals surface area contributed by atoms with Gasteiger partial charge in [-0.3, -0.25) is 4.79 Å². The number of ether oxygens (including phenoxy) is 1. The fraction of sp³-hybridized carbons (Fsp3) is 0.286. The predicted molar refractivity (Wildman–Crippen MR) is 97.3 cm³/mol. The molecule has 1 amide bonds. The number of nitrogens with one attached hydrogen (secondary N) is 1. The van der Waals surface area contributed by atoms with Gasteiger partial charge in [0.05, 0.1) is 37.9 Å². The van der Waals surface area contributed by atoms with Crippen LogP contribution in [0, 0.1) is 0 Å². The van der Waals surface area contributed by atoms with E-state index in [9.17, 15) is 9.90 Å². The average Bonchev–Trinajstić information content (AvgIpc) is 3.11. The molecule has 1 fully saturated rings. The summed E-state index contributed by atoms with van der Waals surface area (Å²) in [4.78, 5) is 13.0. The fourth-order valence-electron chi connectivity index (χ4n) is 3.51. The second-order valence-electron chi connectivity index (χ2n) is 6.81. The number of hydrogen-bond donors (Lipinski definition) is 2. The van der Waals surface area contributed by atoms with E-state index in [1.54, 1.807) is 25.3 Å². The van der Waals surface area contributed by atoms with Gasteiger partial charge in [0.15, 0.2) is 5.60 Å². The summed E-state index contributed by atoms with van der Waals surface area (Å²) in [6.07, 6.45) is 5.89. The van der Waals surface area contributed by atoms with E-state index in [1.807, 2.05) is 24.3 Å². The Kier molecular flexibility index (Phi) is 4.28. The topological polar surface area (TPSA) is 84.8 Å². The molecule has 6 heteroatoms. The molecule has 2 N–H and O–H groups in total. The SMILES string of the molecule is COc1ccccc1C1(C(=O)NC[C@](O)(c2ccoc2)c2ccco2)CC1. The van der Waals surface area contributed by atoms with Crippen molar-refractivity contribution in [3.05, 3.63) is 78.1 Å². The molecule has 1 saturated carbocycles. The van der Waals surface area contributed by atoms with Gasteiger partial charge in [-0.05, 0) is 37.1 Å². The van der Waals surface area contributed by atoms with Gasteiger partial charge in [0.25, 0.3) is 0 Å². The van der Waals surface area contributed by atoms with Gasteiger partial charge in [0.2, 0.25) is 5.91 Å². The normalized spacial score (nSPS) is 17.1. The van der Waals surface area contributed by atoms with Gasteiger partial charge in [0.1, 0.15) is 11.5 Å². The molecular formula is C21H21NO5. The average molecular weight is 367 g/mol. The molecule has 27 heavy (non-hydrogen) atoms. The first-order valence-corrected chi connectivity index (χ1v) is 8.81. The number of para-hydroxylation sites is 1. The van der Waals surface area contributed by atoms with Crippen LogP contribution in [0.1, 0.15) is 29.7 Å². The lowest BCUT2D eigenvalue weighted by atomic mass is 9.91. The van der Waals surface area contributed by atoms with E-state index in [0.717, 1.165) is 18.4 Å². The Morgan fingerprint density at radius 1 is 1.22 bits per heavy atom. The highest BCUT2D eigenvalue weighted by Crippen LogP contribution is 2.51. The van der Waals surface area contributed by atoms with Crippen LogP contribution in [0.3, 0.4) is 0 Å². The van der Waals surface area contributed by atoms with E-state index in [1.165, 1.54) is 18.8 Å². The largest absolute Gasteiger partial charge is 0.496 e. The van der Waals surface area contributed by atoms with Crippen LogP contribution in [0.25, 0.3) is 0 Å². The van der Waals surface area contributed by atoms with Gasteiger partial charge in [0, 0.05) is 11.1 Å². The van der Waals surface area contributed by atoms with Crippen LogP contribution in [0.15, 0.2) is 70.1 Å². The summed E-state index contributed by atoms with van der Waals surface area (Å²) >= 11 is 0. The van der Waals surface area contributed by atoms with Crippen LogP contribution >= 0.6 is 0 Å². The summed E-state index contributed by atoms with van der Waals surface area (Å²) in [5.41, 5.74) is -0.745. The van der Waals surface area contributed by atoms with Crippen LogP contribution in [0.4, 0.5) is 0 Å². The predicted octanol–water partition coefficient (Wildman–Crippen LogP) is 2.97. The molecule has 0 aliphatic heterocycles. The van der Waals surface area contributed by atoms with E-state index in [-0.39, 0.29) is 12.5 Å². The van der Waals surface area contributed by atoms with Crippen molar-refractivity contribution < 1.29 is 23.5 Å². The molecule has 1 aromatic carbocycles. The maximum atomic E-state index is 13.0. The molecule has 6 nitrogen and oxygen atoms in total. The number of hydrogen-bond acceptors (Lipinski definition) is 5. The Hall–Kier alpha value is -2.99. The Bertz CT molecular complexity index is 876. The van der Waals surface area contributed by atoms with Crippen molar-refractivity contribution in [3.63, 3.8) is 0 Å². The molecule has 0 spiro atoms. The molecule has 1 aliphatic carbocycles. The van der Waals surface area contributed by atoms with E-state index < -0.39 is 11.0 Å². The van der Waals surface area contributed by atoms with E-state index in [2.05, 4.69) is 5.32 Å². The first-order chi connectivity index (χ1) is 13.1. The van der Waals surface area contributed by atoms with Crippen LogP contribution in [0.2, 0.25) is 0 Å². The second-order valence-corrected chi connectivity index (χ2v) is 6.81. The molecule has 1 aliphatic rings. The molecule has 2 heterocycles. The maximum Gasteiger partial charge on any atom is 0.230 e. The molecule has 0 radical (unpaired) electrons. The summed E-state index contributed by atoms with van der Waals surface area (Å²) in [6, 6.07) is 12.6. The summed E-state index contributed by atoms with van der Waals surface area (Å²) < 4.78 is 16.0. The van der Waals surface area contributed by atoms with E-state index in [0.29, 0.717) is 17.1 Å². The summed E-state index contributed by atoms with van der Waals surface area (Å²) in [5.74, 6) is 0.896. The zero-order chi connectivity index (χ0) is 18.9. The molecule has 2 aromatic heterocycles. The van der Waals surface area contributed by atoms with Gasteiger partial charge in [-0.1, -0.05) is 18.2 Å². The summed E-state index contributed by atoms with van der Waals surface area (Å²) in [5, 5.41) is 14.2. The van der Waals surface area contributed by atoms with Gasteiger partial charge in [-0.15, -0.1) is 0 Å². The van der Waals surface area contributed by atoms with Gasteiger partial charge in [-0.2, -0.15) is 0 Å². The van der Waals surface area contributed by atoms with Crippen LogP contribution < -0.4 is 10.1 Å². The molecule has 140 valence electrons. The minimum absolute atomic E-state index is 0.0320. The number of carbonyl (C=O) groups is 1. The van der Waals surface area contributed by atoms with Crippen LogP contribution in [0.5, 0.6) is 5.75 Å². The van der Waals surface area contributed by atoms with Gasteiger partial charge < -0.3 is 24.0 Å². The Balaban J connectivity index is 1.58. The smallest absolute Gasteiger partial charge is 0.230 e. The molecule has 0 unspecified atom stereocenters. The Morgan fingerprint density at radius 2 is 2.04 bits per heavy atom. The Morgan fingerprint density at radius 3 is 2.67 bits per heavy atom. The third-order valence-corrected chi connectivity index (χ3v) is 5.24. The van der Waals surface area contributed by atoms with Crippen molar-refractivity contribution in [2.75, 3.05) is 13.7 Å². The minimum Gasteiger partial charge on any atom is -0.496 e. The molecule has 3 aromatic rings. The molecule has 0 bridgehead atoms. The number of aliphatic hydroxyl groups is 1. The van der Waals surface area contributed by atoms with Crippen molar-refractivity contribution >= 4 is 5.91 Å². The quantitative estimate of drug-likeness (QED) is 0.671. The first-order valence-electron chi connectivity index (χ1n) is 8.81. The zero-order valence-corrected chi connectivity index (χ0v) is 15.0. The third kappa shape index (κ3) is 2.92. The van der Waals surface area contributed by atoms with Crippen molar-refractivity contribution in [1.82, 2.24) is 5.32 Å². The first kappa shape index (κ1) is 17.4. The number of methoxy groups -OCH3 is 1. The van der Waals surface area contributed by atoms with Crippen molar-refractivity contribution in [2.24, 2.45) is 0 Å². The van der Waals surface area contributed by atoms with Crippen molar-refractivity contribution in [1.29, 1.82) is 0 Å². The zero-order valence-electron chi connectivity index (χ0n) is 15.0. The highest BCUT2D eigenvalue weighted by Gasteiger charge is 2.53. The monoisotopic (exact) mass is 367 g/mol. The molecule has 0 saturated heterocycles. The van der Waals surface area contributed by atoms with Gasteiger partial charge in [-0.25, -0.2) is 0 Å². The second kappa shape index (κ2) is 6.63. The number of benzene rings is 1. The minimum atomic E-state index is -1.51. The van der Waals surface area contributed by atoms with Gasteiger partial charge >= 0.3 is 0 Å². The number of rotatable bonds is 7. The van der Waals surface area contributed by atoms with E-state index >= 15 is 0 Å². The number of furan rings is 2. The molecule has 4 rings (SSSR count). The lowest BCUT2D eigenvalue weighted by Crippen LogP contribution is -2.45. The lowest BCUT2D eigenvalue weighted by molar-refractivity contribution is -0.124. The maximum absolute atomic E-state index is 13.0. The highest BCUT2D eigenvalue weighted by molar-refractivity contribution is 5.92. The Labute approximate surface area is 156 Å². The van der Waals surface area contributed by atoms with Crippen LogP contribution in [-0.4, -0.2) is 24.7 Å². The van der Waals surface area contributed by atoms with E-state index in [4.69, 9.17) is 13.6 Å². The molecule has 1 atom stereocenters. The summed E-state index contributed by atoms with van der Waals surface area (Å²) in [7, 11) is 1.60. The van der Waals surface area contributed by atoms with Crippen LogP contribution in [-0.2, 0) is 15.8 Å².